The second-order valence-corrected chi connectivity index (χ2v) is 5.02. The zero-order valence-electron chi connectivity index (χ0n) is 9.34. The zero-order valence-corrected chi connectivity index (χ0v) is 10.2. The lowest BCUT2D eigenvalue weighted by atomic mass is 10.4. The van der Waals surface area contributed by atoms with Gasteiger partial charge in [-0.05, 0) is 19.1 Å². The molecule has 6 nitrogen and oxygen atoms in total. The first-order chi connectivity index (χ1) is 7.95. The highest BCUT2D eigenvalue weighted by Gasteiger charge is 2.21. The van der Waals surface area contributed by atoms with E-state index in [4.69, 9.17) is 9.52 Å². The summed E-state index contributed by atoms with van der Waals surface area (Å²) >= 11 is 0. The Bertz CT molecular complexity index is 449. The summed E-state index contributed by atoms with van der Waals surface area (Å²) in [6.45, 7) is 1.35. The minimum Gasteiger partial charge on any atom is -0.480 e. The van der Waals surface area contributed by atoms with Gasteiger partial charge in [0.2, 0.25) is 5.76 Å². The first-order valence-corrected chi connectivity index (χ1v) is 6.11. The van der Waals surface area contributed by atoms with Crippen LogP contribution in [0.3, 0.4) is 0 Å². The molecule has 0 saturated carbocycles. The molecule has 2 unspecified atom stereocenters. The van der Waals surface area contributed by atoms with E-state index in [1.807, 2.05) is 0 Å². The Labute approximate surface area is 100 Å². The number of carboxylic acid groups (broad SMARTS) is 1. The molecule has 17 heavy (non-hydrogen) atoms. The Morgan fingerprint density at radius 2 is 2.18 bits per heavy atom. The molecule has 94 valence electrons. The molecular weight excluding hydrogens is 248 g/mol. The molecule has 0 aromatic carbocycles. The molecule has 1 aromatic heterocycles. The fourth-order valence-corrected chi connectivity index (χ4v) is 1.95. The third kappa shape index (κ3) is 3.42. The van der Waals surface area contributed by atoms with Gasteiger partial charge in [-0.3, -0.25) is 9.00 Å². The van der Waals surface area contributed by atoms with E-state index in [0.29, 0.717) is 0 Å². The Morgan fingerprint density at radius 1 is 1.53 bits per heavy atom. The van der Waals surface area contributed by atoms with Crippen molar-refractivity contribution in [2.45, 2.75) is 17.9 Å². The number of carbonyl (C=O) groups is 2. The van der Waals surface area contributed by atoms with Gasteiger partial charge in [0.25, 0.3) is 0 Å². The van der Waals surface area contributed by atoms with E-state index in [-0.39, 0.29) is 17.3 Å². The quantitative estimate of drug-likeness (QED) is 0.786. The van der Waals surface area contributed by atoms with E-state index in [1.165, 1.54) is 26.2 Å². The fourth-order valence-electron chi connectivity index (χ4n) is 1.04. The van der Waals surface area contributed by atoms with Crippen LogP contribution >= 0.6 is 0 Å². The minimum absolute atomic E-state index is 0.00229. The molecule has 0 spiro atoms. The van der Waals surface area contributed by atoms with E-state index >= 15 is 0 Å². The van der Waals surface area contributed by atoms with Gasteiger partial charge in [-0.2, -0.15) is 0 Å². The van der Waals surface area contributed by atoms with Gasteiger partial charge in [-0.15, -0.1) is 0 Å². The predicted octanol–water partition coefficient (Wildman–Crippen LogP) is 0.788. The lowest BCUT2D eigenvalue weighted by Crippen LogP contribution is -2.22. The highest BCUT2D eigenvalue weighted by molar-refractivity contribution is 7.85. The average Bonchev–Trinajstić information content (AvgIpc) is 2.75. The highest BCUT2D eigenvalue weighted by atomic mass is 32.2. The van der Waals surface area contributed by atoms with Gasteiger partial charge in [-0.25, -0.2) is 4.79 Å². The molecule has 7 heteroatoms. The summed E-state index contributed by atoms with van der Waals surface area (Å²) in [4.78, 5) is 21.7. The number of ether oxygens (including phenoxy) is 1. The average molecular weight is 260 g/mol. The summed E-state index contributed by atoms with van der Waals surface area (Å²) in [6, 6.07) is 2.86. The molecule has 0 aliphatic rings. The summed E-state index contributed by atoms with van der Waals surface area (Å²) in [7, 11) is -0.376. The molecular formula is C10H12O6S. The van der Waals surface area contributed by atoms with Crippen molar-refractivity contribution in [2.24, 2.45) is 0 Å². The first kappa shape index (κ1) is 13.4. The van der Waals surface area contributed by atoms with Crippen molar-refractivity contribution >= 4 is 22.7 Å². The summed E-state index contributed by atoms with van der Waals surface area (Å²) < 4.78 is 21.1. The summed E-state index contributed by atoms with van der Waals surface area (Å²) in [5.41, 5.74) is 0. The summed E-state index contributed by atoms with van der Waals surface area (Å²) in [5.74, 6) is -1.53. The van der Waals surface area contributed by atoms with Crippen molar-refractivity contribution in [3.8, 4) is 0 Å². The highest BCUT2D eigenvalue weighted by Crippen LogP contribution is 2.13. The second kappa shape index (κ2) is 5.62. The second-order valence-electron chi connectivity index (χ2n) is 3.26. The van der Waals surface area contributed by atoms with Gasteiger partial charge in [0, 0.05) is 10.8 Å². The predicted molar refractivity (Wildman–Crippen MR) is 59.0 cm³/mol. The van der Waals surface area contributed by atoms with Crippen LogP contribution in [0.2, 0.25) is 0 Å². The molecule has 0 saturated heterocycles. The van der Waals surface area contributed by atoms with Crippen LogP contribution in [-0.2, 0) is 26.1 Å². The number of furan rings is 1. The third-order valence-corrected chi connectivity index (χ3v) is 3.63. The maximum Gasteiger partial charge on any atom is 0.373 e. The fraction of sp³-hybridized carbons (Fsp3) is 0.400. The molecule has 0 aliphatic heterocycles. The van der Waals surface area contributed by atoms with Crippen LogP contribution in [-0.4, -0.2) is 33.6 Å². The van der Waals surface area contributed by atoms with Crippen LogP contribution in [0.25, 0.3) is 0 Å². The number of hydrogen-bond acceptors (Lipinski definition) is 5. The zero-order chi connectivity index (χ0) is 13.0. The van der Waals surface area contributed by atoms with Gasteiger partial charge in [-0.1, -0.05) is 0 Å². The molecule has 1 rings (SSSR count). The monoisotopic (exact) mass is 260 g/mol. The number of hydrogen-bond donors (Lipinski definition) is 1. The number of carboxylic acids is 1. The molecule has 0 aliphatic carbocycles. The van der Waals surface area contributed by atoms with Crippen molar-refractivity contribution in [2.75, 3.05) is 7.11 Å². The van der Waals surface area contributed by atoms with Gasteiger partial charge in [0.1, 0.15) is 11.0 Å². The van der Waals surface area contributed by atoms with Crippen LogP contribution < -0.4 is 0 Å². The number of carbonyl (C=O) groups excluding carboxylic acids is 1. The molecule has 1 aromatic rings. The van der Waals surface area contributed by atoms with Gasteiger partial charge in [0.15, 0.2) is 0 Å². The molecule has 0 bridgehead atoms. The minimum atomic E-state index is -1.59. The first-order valence-electron chi connectivity index (χ1n) is 4.72. The van der Waals surface area contributed by atoms with Crippen LogP contribution in [0.1, 0.15) is 23.2 Å². The molecule has 0 amide bonds. The van der Waals surface area contributed by atoms with E-state index in [9.17, 15) is 13.8 Å². The van der Waals surface area contributed by atoms with Crippen LogP contribution in [0.4, 0.5) is 0 Å². The van der Waals surface area contributed by atoms with Crippen LogP contribution in [0.5, 0.6) is 0 Å². The normalized spacial score (nSPS) is 14.0. The van der Waals surface area contributed by atoms with E-state index in [1.54, 1.807) is 0 Å². The van der Waals surface area contributed by atoms with Gasteiger partial charge in [0.05, 0.1) is 12.9 Å². The molecule has 0 fully saturated rings. The maximum absolute atomic E-state index is 11.6. The number of rotatable bonds is 5. The summed E-state index contributed by atoms with van der Waals surface area (Å²) in [6.07, 6.45) is 0. The van der Waals surface area contributed by atoms with E-state index in [2.05, 4.69) is 4.74 Å². The largest absolute Gasteiger partial charge is 0.480 e. The molecule has 1 heterocycles. The smallest absolute Gasteiger partial charge is 0.373 e. The van der Waals surface area contributed by atoms with Crippen molar-refractivity contribution in [3.63, 3.8) is 0 Å². The lowest BCUT2D eigenvalue weighted by Gasteiger charge is -2.04. The van der Waals surface area contributed by atoms with Crippen LogP contribution in [0, 0.1) is 0 Å². The van der Waals surface area contributed by atoms with E-state index < -0.39 is 28.0 Å². The molecule has 0 radical (unpaired) electrons. The Balaban J connectivity index is 2.70. The van der Waals surface area contributed by atoms with E-state index in [0.717, 1.165) is 0 Å². The van der Waals surface area contributed by atoms with Crippen molar-refractivity contribution in [3.05, 3.63) is 23.7 Å². The lowest BCUT2D eigenvalue weighted by molar-refractivity contribution is -0.136. The maximum atomic E-state index is 11.6. The van der Waals surface area contributed by atoms with Gasteiger partial charge < -0.3 is 14.3 Å². The Morgan fingerprint density at radius 3 is 2.71 bits per heavy atom. The molecule has 1 N–H and O–H groups in total. The Hall–Kier alpha value is -1.63. The SMILES string of the molecule is COC(=O)c1ccc(CS(=O)C(C)C(=O)O)o1. The summed E-state index contributed by atoms with van der Waals surface area (Å²) in [5, 5.41) is 7.68. The third-order valence-electron chi connectivity index (χ3n) is 2.07. The van der Waals surface area contributed by atoms with Crippen molar-refractivity contribution < 1.29 is 28.1 Å². The Kier molecular flexibility index (Phi) is 4.45. The molecule has 2 atom stereocenters. The van der Waals surface area contributed by atoms with Crippen molar-refractivity contribution in [1.82, 2.24) is 0 Å². The van der Waals surface area contributed by atoms with Crippen LogP contribution in [0.15, 0.2) is 16.5 Å². The number of esters is 1. The van der Waals surface area contributed by atoms with Crippen molar-refractivity contribution in [1.29, 1.82) is 0 Å². The topological polar surface area (TPSA) is 93.8 Å². The number of methoxy groups -OCH3 is 1. The van der Waals surface area contributed by atoms with Gasteiger partial charge >= 0.3 is 11.9 Å². The number of aliphatic carboxylic acids is 1. The standard InChI is InChI=1S/C10H12O6S/c1-6(9(11)12)17(14)5-7-3-4-8(16-7)10(13)15-2/h3-4,6H,5H2,1-2H3,(H,11,12).